The third kappa shape index (κ3) is 5.90. The summed E-state index contributed by atoms with van der Waals surface area (Å²) in [5, 5.41) is 0.644. The normalized spacial score (nSPS) is 11.7. The first-order valence-corrected chi connectivity index (χ1v) is 15.1. The van der Waals surface area contributed by atoms with Crippen LogP contribution in [0.1, 0.15) is 36.7 Å². The van der Waals surface area contributed by atoms with E-state index in [0.717, 1.165) is 29.7 Å². The van der Waals surface area contributed by atoms with Crippen LogP contribution in [0.4, 0.5) is 10.8 Å². The monoisotopic (exact) mass is 550 g/mol. The lowest BCUT2D eigenvalue weighted by atomic mass is 10.2. The summed E-state index contributed by atoms with van der Waals surface area (Å²) < 4.78 is 28.7. The Balaban J connectivity index is 1.63. The molecule has 0 N–H and O–H groups in total. The highest BCUT2D eigenvalue weighted by atomic mass is 32.2. The lowest BCUT2D eigenvalue weighted by molar-refractivity contribution is 0.0983. The summed E-state index contributed by atoms with van der Waals surface area (Å²) in [7, 11) is -2.24. The van der Waals surface area contributed by atoms with Gasteiger partial charge in [0.1, 0.15) is 0 Å². The molecule has 0 aliphatic carbocycles. The van der Waals surface area contributed by atoms with E-state index in [4.69, 9.17) is 4.98 Å². The lowest BCUT2D eigenvalue weighted by Gasteiger charge is -2.25. The zero-order valence-electron chi connectivity index (χ0n) is 22.3. The number of aryl methyl sites for hydroxylation is 1. The minimum atomic E-state index is -3.77. The molecule has 0 spiro atoms. The number of aromatic nitrogens is 1. The summed E-state index contributed by atoms with van der Waals surface area (Å²) in [5.74, 6) is -0.202. The molecule has 0 aliphatic heterocycles. The van der Waals surface area contributed by atoms with Gasteiger partial charge in [0.25, 0.3) is 15.9 Å². The number of likely N-dealkylation sites (N-methyl/N-ethyl adjacent to an activating group) is 1. The molecule has 1 amide bonds. The molecule has 0 saturated carbocycles. The molecule has 0 unspecified atom stereocenters. The van der Waals surface area contributed by atoms with E-state index in [1.807, 2.05) is 12.1 Å². The second kappa shape index (κ2) is 12.1. The number of para-hydroxylation sites is 1. The van der Waals surface area contributed by atoms with E-state index in [-0.39, 0.29) is 10.8 Å². The number of hydrogen-bond donors (Lipinski definition) is 0. The van der Waals surface area contributed by atoms with Gasteiger partial charge in [-0.25, -0.2) is 13.4 Å². The van der Waals surface area contributed by atoms with Gasteiger partial charge in [-0.15, -0.1) is 0 Å². The number of hydrogen-bond acceptors (Lipinski definition) is 6. The second-order valence-corrected chi connectivity index (χ2v) is 11.9. The van der Waals surface area contributed by atoms with E-state index < -0.39 is 10.0 Å². The average Bonchev–Trinajstić information content (AvgIpc) is 3.38. The minimum absolute atomic E-state index is 0.127. The van der Waals surface area contributed by atoms with Crippen molar-refractivity contribution in [3.63, 3.8) is 0 Å². The smallest absolute Gasteiger partial charge is 0.264 e. The molecular weight excluding hydrogens is 516 g/mol. The summed E-state index contributed by atoms with van der Waals surface area (Å²) in [6.07, 6.45) is 0.933. The molecule has 4 aromatic rings. The zero-order valence-corrected chi connectivity index (χ0v) is 23.9. The summed E-state index contributed by atoms with van der Waals surface area (Å²) in [6.45, 7) is 9.29. The molecule has 4 rings (SSSR count). The maximum atomic E-state index is 13.8. The highest BCUT2D eigenvalue weighted by molar-refractivity contribution is 7.92. The Morgan fingerprint density at radius 1 is 0.895 bits per heavy atom. The Morgan fingerprint density at radius 2 is 1.58 bits per heavy atom. The second-order valence-electron chi connectivity index (χ2n) is 8.97. The van der Waals surface area contributed by atoms with Crippen LogP contribution in [0.2, 0.25) is 0 Å². The van der Waals surface area contributed by atoms with Crippen molar-refractivity contribution in [1.29, 1.82) is 0 Å². The summed E-state index contributed by atoms with van der Waals surface area (Å²) >= 11 is 1.51. The number of thiazole rings is 1. The van der Waals surface area contributed by atoms with Crippen molar-refractivity contribution in [3.05, 3.63) is 83.9 Å². The van der Waals surface area contributed by atoms with Gasteiger partial charge in [0.2, 0.25) is 0 Å². The summed E-state index contributed by atoms with van der Waals surface area (Å²) in [4.78, 5) is 22.7. The van der Waals surface area contributed by atoms with Crippen LogP contribution >= 0.6 is 11.3 Å². The molecule has 0 atom stereocenters. The standard InChI is InChI=1S/C29H34N4O3S2/c1-5-22-13-18-26-27(21-22)37-29(30-26)33(20-19-32(6-2)7-3)28(34)23-14-16-25(17-15-23)38(35,36)31(4)24-11-9-8-10-12-24/h8-18,21H,5-7,19-20H2,1-4H3. The fourth-order valence-corrected chi connectivity index (χ4v) is 6.47. The van der Waals surface area contributed by atoms with Crippen LogP contribution in [0.3, 0.4) is 0 Å². The van der Waals surface area contributed by atoms with Crippen LogP contribution in [0.25, 0.3) is 10.2 Å². The predicted octanol–water partition coefficient (Wildman–Crippen LogP) is 5.67. The molecule has 0 saturated heterocycles. The maximum absolute atomic E-state index is 13.8. The predicted molar refractivity (Wildman–Crippen MR) is 157 cm³/mol. The number of sulfonamides is 1. The molecule has 0 radical (unpaired) electrons. The van der Waals surface area contributed by atoms with Crippen molar-refractivity contribution in [1.82, 2.24) is 9.88 Å². The fourth-order valence-electron chi connectivity index (χ4n) is 4.22. The van der Waals surface area contributed by atoms with Gasteiger partial charge in [-0.2, -0.15) is 0 Å². The number of nitrogens with zero attached hydrogens (tertiary/aromatic N) is 4. The largest absolute Gasteiger partial charge is 0.302 e. The Labute approximate surface area is 229 Å². The Hall–Kier alpha value is -3.27. The number of rotatable bonds is 11. The van der Waals surface area contributed by atoms with Gasteiger partial charge in [-0.1, -0.05) is 56.4 Å². The molecule has 0 bridgehead atoms. The van der Waals surface area contributed by atoms with E-state index >= 15 is 0 Å². The molecular formula is C29H34N4O3S2. The summed E-state index contributed by atoms with van der Waals surface area (Å²) in [6, 6.07) is 21.3. The number of benzene rings is 3. The van der Waals surface area contributed by atoms with E-state index in [9.17, 15) is 13.2 Å². The van der Waals surface area contributed by atoms with Gasteiger partial charge in [0.15, 0.2) is 5.13 Å². The van der Waals surface area contributed by atoms with E-state index in [0.29, 0.717) is 29.5 Å². The van der Waals surface area contributed by atoms with Crippen LogP contribution in [0.5, 0.6) is 0 Å². The van der Waals surface area contributed by atoms with Crippen molar-refractivity contribution < 1.29 is 13.2 Å². The topological polar surface area (TPSA) is 73.8 Å². The third-order valence-corrected chi connectivity index (χ3v) is 9.58. The first kappa shape index (κ1) is 27.8. The highest BCUT2D eigenvalue weighted by Gasteiger charge is 2.25. The van der Waals surface area contributed by atoms with Crippen LogP contribution in [-0.4, -0.2) is 57.4 Å². The lowest BCUT2D eigenvalue weighted by Crippen LogP contribution is -2.38. The number of amides is 1. The number of carbonyl (C=O) groups is 1. The quantitative estimate of drug-likeness (QED) is 0.241. The van der Waals surface area contributed by atoms with E-state index in [1.54, 1.807) is 41.3 Å². The SMILES string of the molecule is CCc1ccc2nc(N(CCN(CC)CC)C(=O)c3ccc(S(=O)(=O)N(C)c4ccccc4)cc3)sc2c1. The molecule has 38 heavy (non-hydrogen) atoms. The minimum Gasteiger partial charge on any atom is -0.302 e. The van der Waals surface area contributed by atoms with Crippen LogP contribution in [0, 0.1) is 0 Å². The molecule has 0 fully saturated rings. The van der Waals surface area contributed by atoms with E-state index in [1.165, 1.54) is 40.4 Å². The highest BCUT2D eigenvalue weighted by Crippen LogP contribution is 2.31. The molecule has 0 aliphatic rings. The van der Waals surface area contributed by atoms with Crippen LogP contribution < -0.4 is 9.21 Å². The Bertz CT molecular complexity index is 1480. The maximum Gasteiger partial charge on any atom is 0.264 e. The molecule has 7 nitrogen and oxygen atoms in total. The first-order chi connectivity index (χ1) is 18.3. The average molecular weight is 551 g/mol. The van der Waals surface area contributed by atoms with Crippen LogP contribution in [-0.2, 0) is 16.4 Å². The van der Waals surface area contributed by atoms with Gasteiger partial charge in [0, 0.05) is 25.7 Å². The van der Waals surface area contributed by atoms with Gasteiger partial charge in [0.05, 0.1) is 20.8 Å². The van der Waals surface area contributed by atoms with Crippen molar-refractivity contribution in [2.75, 3.05) is 42.4 Å². The van der Waals surface area contributed by atoms with Crippen molar-refractivity contribution in [2.24, 2.45) is 0 Å². The van der Waals surface area contributed by atoms with E-state index in [2.05, 4.69) is 37.8 Å². The van der Waals surface area contributed by atoms with Gasteiger partial charge < -0.3 is 4.90 Å². The van der Waals surface area contributed by atoms with Crippen LogP contribution in [0.15, 0.2) is 77.7 Å². The number of anilines is 2. The molecule has 200 valence electrons. The summed E-state index contributed by atoms with van der Waals surface area (Å²) in [5.41, 5.74) is 3.08. The Kier molecular flexibility index (Phi) is 8.81. The van der Waals surface area contributed by atoms with Gasteiger partial charge in [-0.3, -0.25) is 14.0 Å². The van der Waals surface area contributed by atoms with Crippen molar-refractivity contribution >= 4 is 48.3 Å². The molecule has 9 heteroatoms. The first-order valence-electron chi connectivity index (χ1n) is 12.9. The van der Waals surface area contributed by atoms with Crippen molar-refractivity contribution in [3.8, 4) is 0 Å². The van der Waals surface area contributed by atoms with Gasteiger partial charge >= 0.3 is 0 Å². The Morgan fingerprint density at radius 3 is 2.21 bits per heavy atom. The zero-order chi connectivity index (χ0) is 27.3. The third-order valence-electron chi connectivity index (χ3n) is 6.74. The van der Waals surface area contributed by atoms with Crippen molar-refractivity contribution in [2.45, 2.75) is 32.1 Å². The molecule has 1 aromatic heterocycles. The number of carbonyl (C=O) groups excluding carboxylic acids is 1. The molecule has 3 aromatic carbocycles. The number of fused-ring (bicyclic) bond motifs is 1. The fraction of sp³-hybridized carbons (Fsp3) is 0.310. The molecule has 1 heterocycles. The van der Waals surface area contributed by atoms with Gasteiger partial charge in [-0.05, 0) is 73.6 Å².